The lowest BCUT2D eigenvalue weighted by atomic mass is 10.1. The van der Waals surface area contributed by atoms with Gasteiger partial charge in [0, 0.05) is 22.9 Å². The first-order valence-corrected chi connectivity index (χ1v) is 7.72. The molecule has 2 rings (SSSR count). The fourth-order valence-electron chi connectivity index (χ4n) is 1.99. The maximum Gasteiger partial charge on any atom is 0.325 e. The molecule has 6 nitrogen and oxygen atoms in total. The molecule has 0 bridgehead atoms. The SMILES string of the molecule is CCOC(=O)CNC(=O)c1ncc(C#Cc2ccccc2)c(C)c1O. The predicted octanol–water partition coefficient (Wildman–Crippen LogP) is 1.79. The zero-order valence-electron chi connectivity index (χ0n) is 14.0. The minimum atomic E-state index is -0.656. The number of esters is 1. The minimum absolute atomic E-state index is 0.160. The Morgan fingerprint density at radius 3 is 2.64 bits per heavy atom. The van der Waals surface area contributed by atoms with Crippen LogP contribution < -0.4 is 5.32 Å². The van der Waals surface area contributed by atoms with Crippen LogP contribution in [-0.2, 0) is 9.53 Å². The maximum absolute atomic E-state index is 12.0. The lowest BCUT2D eigenvalue weighted by Crippen LogP contribution is -2.31. The van der Waals surface area contributed by atoms with Crippen LogP contribution in [0.4, 0.5) is 0 Å². The highest BCUT2D eigenvalue weighted by Crippen LogP contribution is 2.22. The zero-order chi connectivity index (χ0) is 18.2. The fraction of sp³-hybridized carbons (Fsp3) is 0.211. The molecule has 0 spiro atoms. The average Bonchev–Trinajstić information content (AvgIpc) is 2.62. The van der Waals surface area contributed by atoms with Gasteiger partial charge in [-0.3, -0.25) is 9.59 Å². The van der Waals surface area contributed by atoms with Gasteiger partial charge in [-0.2, -0.15) is 0 Å². The smallest absolute Gasteiger partial charge is 0.325 e. The molecule has 2 aromatic rings. The average molecular weight is 338 g/mol. The highest BCUT2D eigenvalue weighted by atomic mass is 16.5. The van der Waals surface area contributed by atoms with Crippen molar-refractivity contribution in [1.82, 2.24) is 10.3 Å². The zero-order valence-corrected chi connectivity index (χ0v) is 14.0. The Kier molecular flexibility index (Phi) is 6.13. The molecule has 0 atom stereocenters. The van der Waals surface area contributed by atoms with Gasteiger partial charge in [0.1, 0.15) is 6.54 Å². The van der Waals surface area contributed by atoms with Crippen molar-refractivity contribution in [3.05, 3.63) is 58.9 Å². The molecule has 1 heterocycles. The number of nitrogens with zero attached hydrogens (tertiary/aromatic N) is 1. The van der Waals surface area contributed by atoms with Crippen LogP contribution in [0.5, 0.6) is 5.75 Å². The molecule has 128 valence electrons. The summed E-state index contributed by atoms with van der Waals surface area (Å²) in [7, 11) is 0. The van der Waals surface area contributed by atoms with E-state index >= 15 is 0 Å². The number of pyridine rings is 1. The first kappa shape index (κ1) is 18.0. The third-order valence-corrected chi connectivity index (χ3v) is 3.34. The Morgan fingerprint density at radius 2 is 1.96 bits per heavy atom. The molecule has 25 heavy (non-hydrogen) atoms. The Bertz CT molecular complexity index is 836. The molecule has 1 aromatic carbocycles. The fourth-order valence-corrected chi connectivity index (χ4v) is 1.99. The second-order valence-electron chi connectivity index (χ2n) is 5.10. The highest BCUT2D eigenvalue weighted by Gasteiger charge is 2.17. The number of carbonyl (C=O) groups excluding carboxylic acids is 2. The lowest BCUT2D eigenvalue weighted by Gasteiger charge is -2.08. The number of rotatable bonds is 4. The number of aromatic hydroxyl groups is 1. The second kappa shape index (κ2) is 8.50. The van der Waals surface area contributed by atoms with Crippen molar-refractivity contribution in [2.75, 3.05) is 13.2 Å². The van der Waals surface area contributed by atoms with Crippen LogP contribution >= 0.6 is 0 Å². The van der Waals surface area contributed by atoms with E-state index in [1.165, 1.54) is 6.20 Å². The van der Waals surface area contributed by atoms with E-state index < -0.39 is 11.9 Å². The van der Waals surface area contributed by atoms with Crippen molar-refractivity contribution in [3.8, 4) is 17.6 Å². The number of carbonyl (C=O) groups is 2. The number of benzene rings is 1. The molecule has 0 saturated heterocycles. The van der Waals surface area contributed by atoms with Gasteiger partial charge in [-0.15, -0.1) is 0 Å². The second-order valence-corrected chi connectivity index (χ2v) is 5.10. The normalized spacial score (nSPS) is 9.68. The van der Waals surface area contributed by atoms with Gasteiger partial charge in [-0.25, -0.2) is 4.98 Å². The Morgan fingerprint density at radius 1 is 1.24 bits per heavy atom. The number of nitrogens with one attached hydrogen (secondary N) is 1. The monoisotopic (exact) mass is 338 g/mol. The van der Waals surface area contributed by atoms with Crippen molar-refractivity contribution in [1.29, 1.82) is 0 Å². The molecule has 0 radical (unpaired) electrons. The maximum atomic E-state index is 12.0. The van der Waals surface area contributed by atoms with Crippen molar-refractivity contribution in [2.24, 2.45) is 0 Å². The summed E-state index contributed by atoms with van der Waals surface area (Å²) in [4.78, 5) is 27.3. The summed E-state index contributed by atoms with van der Waals surface area (Å²) >= 11 is 0. The van der Waals surface area contributed by atoms with Crippen molar-refractivity contribution < 1.29 is 19.4 Å². The van der Waals surface area contributed by atoms with E-state index in [0.717, 1.165) is 5.56 Å². The van der Waals surface area contributed by atoms with Crippen LogP contribution in [0.3, 0.4) is 0 Å². The summed E-state index contributed by atoms with van der Waals surface area (Å²) < 4.78 is 4.72. The van der Waals surface area contributed by atoms with Gasteiger partial charge < -0.3 is 15.2 Å². The summed E-state index contributed by atoms with van der Waals surface area (Å²) in [5.74, 6) is 4.42. The summed E-state index contributed by atoms with van der Waals surface area (Å²) in [6.07, 6.45) is 1.42. The van der Waals surface area contributed by atoms with E-state index in [1.54, 1.807) is 13.8 Å². The number of hydrogen-bond donors (Lipinski definition) is 2. The van der Waals surface area contributed by atoms with Gasteiger partial charge in [-0.05, 0) is 26.0 Å². The van der Waals surface area contributed by atoms with Crippen LogP contribution in [0.15, 0.2) is 36.5 Å². The summed E-state index contributed by atoms with van der Waals surface area (Å²) in [6.45, 7) is 3.26. The highest BCUT2D eigenvalue weighted by molar-refractivity contribution is 5.97. The van der Waals surface area contributed by atoms with E-state index in [-0.39, 0.29) is 24.6 Å². The van der Waals surface area contributed by atoms with Gasteiger partial charge in [0.05, 0.1) is 6.61 Å². The largest absolute Gasteiger partial charge is 0.505 e. The molecular weight excluding hydrogens is 320 g/mol. The standard InChI is InChI=1S/C19H18N2O4/c1-3-25-16(22)12-21-19(24)17-18(23)13(2)15(11-20-17)10-9-14-7-5-4-6-8-14/h4-8,11,23H,3,12H2,1-2H3,(H,21,24). The lowest BCUT2D eigenvalue weighted by molar-refractivity contribution is -0.141. The molecule has 6 heteroatoms. The molecule has 0 fully saturated rings. The molecule has 0 aliphatic carbocycles. The van der Waals surface area contributed by atoms with E-state index in [1.807, 2.05) is 30.3 Å². The predicted molar refractivity (Wildman–Crippen MR) is 92.0 cm³/mol. The van der Waals surface area contributed by atoms with Gasteiger partial charge >= 0.3 is 5.97 Å². The number of amides is 1. The molecule has 1 amide bonds. The van der Waals surface area contributed by atoms with E-state index in [2.05, 4.69) is 22.1 Å². The number of ether oxygens (including phenoxy) is 1. The summed E-state index contributed by atoms with van der Waals surface area (Å²) in [6, 6.07) is 9.39. The Hall–Kier alpha value is -3.33. The third kappa shape index (κ3) is 4.82. The van der Waals surface area contributed by atoms with Crippen LogP contribution in [-0.4, -0.2) is 35.1 Å². The number of aromatic nitrogens is 1. The summed E-state index contributed by atoms with van der Waals surface area (Å²) in [5, 5.41) is 12.6. The molecule has 0 aliphatic rings. The molecule has 0 unspecified atom stereocenters. The van der Waals surface area contributed by atoms with E-state index in [0.29, 0.717) is 11.1 Å². The van der Waals surface area contributed by atoms with Crippen LogP contribution in [0.1, 0.15) is 34.1 Å². The van der Waals surface area contributed by atoms with Crippen LogP contribution in [0, 0.1) is 18.8 Å². The molecular formula is C19H18N2O4. The van der Waals surface area contributed by atoms with Crippen molar-refractivity contribution >= 4 is 11.9 Å². The summed E-state index contributed by atoms with van der Waals surface area (Å²) in [5.41, 5.74) is 1.63. The molecule has 2 N–H and O–H groups in total. The minimum Gasteiger partial charge on any atom is -0.505 e. The Balaban J connectivity index is 2.16. The van der Waals surface area contributed by atoms with E-state index in [4.69, 9.17) is 4.74 Å². The topological polar surface area (TPSA) is 88.5 Å². The quantitative estimate of drug-likeness (QED) is 0.655. The Labute approximate surface area is 145 Å². The van der Waals surface area contributed by atoms with Crippen LogP contribution in [0.2, 0.25) is 0 Å². The van der Waals surface area contributed by atoms with Gasteiger partial charge in [-0.1, -0.05) is 30.0 Å². The molecule has 0 saturated carbocycles. The van der Waals surface area contributed by atoms with E-state index in [9.17, 15) is 14.7 Å². The third-order valence-electron chi connectivity index (χ3n) is 3.34. The van der Waals surface area contributed by atoms with Gasteiger partial charge in [0.2, 0.25) is 0 Å². The first-order valence-electron chi connectivity index (χ1n) is 7.72. The van der Waals surface area contributed by atoms with Gasteiger partial charge in [0.15, 0.2) is 11.4 Å². The van der Waals surface area contributed by atoms with Crippen molar-refractivity contribution in [3.63, 3.8) is 0 Å². The first-order chi connectivity index (χ1) is 12.0. The van der Waals surface area contributed by atoms with Crippen molar-refractivity contribution in [2.45, 2.75) is 13.8 Å². The molecule has 1 aromatic heterocycles. The van der Waals surface area contributed by atoms with Crippen LogP contribution in [0.25, 0.3) is 0 Å². The van der Waals surface area contributed by atoms with Gasteiger partial charge in [0.25, 0.3) is 5.91 Å². The molecule has 0 aliphatic heterocycles. The number of hydrogen-bond acceptors (Lipinski definition) is 5.